The van der Waals surface area contributed by atoms with Crippen LogP contribution in [-0.4, -0.2) is 46.2 Å². The van der Waals surface area contributed by atoms with Gasteiger partial charge in [-0.1, -0.05) is 11.6 Å². The van der Waals surface area contributed by atoms with E-state index in [1.54, 1.807) is 19.1 Å². The first-order valence-electron chi connectivity index (χ1n) is 10.1. The molecule has 1 aliphatic rings. The van der Waals surface area contributed by atoms with Crippen molar-refractivity contribution < 1.29 is 18.0 Å². The number of hydrogen-bond acceptors (Lipinski definition) is 7. The summed E-state index contributed by atoms with van der Waals surface area (Å²) >= 11 is 6.00. The number of sulfone groups is 1. The molecular weight excluding hydrogens is 468 g/mol. The molecule has 10 nitrogen and oxygen atoms in total. The number of benzene rings is 1. The number of pyridine rings is 1. The van der Waals surface area contributed by atoms with Crippen LogP contribution in [0, 0.1) is 5.92 Å². The first-order chi connectivity index (χ1) is 15.6. The molecular formula is C21H21ClN6O4S. The van der Waals surface area contributed by atoms with E-state index in [1.807, 2.05) is 0 Å². The van der Waals surface area contributed by atoms with Gasteiger partial charge in [0.05, 0.1) is 22.8 Å². The molecule has 2 N–H and O–H groups in total. The minimum Gasteiger partial charge on any atom is -0.342 e. The fraction of sp³-hybridized carbons (Fsp3) is 0.286. The van der Waals surface area contributed by atoms with Crippen LogP contribution < -0.4 is 10.6 Å². The lowest BCUT2D eigenvalue weighted by molar-refractivity contribution is -0.117. The van der Waals surface area contributed by atoms with Crippen LogP contribution in [0.5, 0.6) is 0 Å². The molecule has 12 heteroatoms. The van der Waals surface area contributed by atoms with Gasteiger partial charge in [0.25, 0.3) is 5.91 Å². The zero-order chi connectivity index (χ0) is 23.8. The van der Waals surface area contributed by atoms with Crippen LogP contribution in [0.15, 0.2) is 47.8 Å². The molecule has 0 saturated heterocycles. The number of nitrogens with zero attached hydrogens (tertiary/aromatic N) is 4. The lowest BCUT2D eigenvalue weighted by Crippen LogP contribution is -2.29. The van der Waals surface area contributed by atoms with Crippen LogP contribution in [0.1, 0.15) is 42.0 Å². The van der Waals surface area contributed by atoms with E-state index >= 15 is 0 Å². The number of aromatic nitrogens is 4. The smallest absolute Gasteiger partial charge is 0.251 e. The summed E-state index contributed by atoms with van der Waals surface area (Å²) in [6, 6.07) is 6.76. The Morgan fingerprint density at radius 2 is 1.94 bits per heavy atom. The fourth-order valence-corrected chi connectivity index (χ4v) is 4.13. The number of rotatable bonds is 7. The Labute approximate surface area is 195 Å². The predicted molar refractivity (Wildman–Crippen MR) is 121 cm³/mol. The molecule has 4 rings (SSSR count). The van der Waals surface area contributed by atoms with E-state index in [1.165, 1.54) is 35.4 Å². The van der Waals surface area contributed by atoms with Crippen molar-refractivity contribution in [3.05, 3.63) is 59.3 Å². The normalized spacial score (nSPS) is 14.5. The number of carbonyl (C=O) groups excluding carboxylic acids is 2. The van der Waals surface area contributed by atoms with Gasteiger partial charge in [0.1, 0.15) is 6.33 Å². The molecule has 0 spiro atoms. The van der Waals surface area contributed by atoms with Gasteiger partial charge in [-0.15, -0.1) is 0 Å². The second-order valence-electron chi connectivity index (χ2n) is 7.84. The highest BCUT2D eigenvalue weighted by atomic mass is 35.5. The molecule has 33 heavy (non-hydrogen) atoms. The van der Waals surface area contributed by atoms with Crippen molar-refractivity contribution in [1.29, 1.82) is 0 Å². The monoisotopic (exact) mass is 488 g/mol. The van der Waals surface area contributed by atoms with Crippen LogP contribution in [0.2, 0.25) is 5.02 Å². The van der Waals surface area contributed by atoms with Gasteiger partial charge in [-0.05, 0) is 50.1 Å². The van der Waals surface area contributed by atoms with E-state index in [0.29, 0.717) is 17.3 Å². The SMILES string of the molecule is C[C@@H](NC(=O)c1cc(Cl)cc(S(C)(=O)=O)c1)c1ncnn1-c1ccc(NC(=O)C2CC2)cn1. The van der Waals surface area contributed by atoms with Crippen LogP contribution in [-0.2, 0) is 14.6 Å². The first-order valence-corrected chi connectivity index (χ1v) is 12.4. The van der Waals surface area contributed by atoms with Gasteiger partial charge in [-0.3, -0.25) is 9.59 Å². The third kappa shape index (κ3) is 5.37. The molecule has 3 aromatic rings. The third-order valence-corrected chi connectivity index (χ3v) is 6.36. The number of anilines is 1. The van der Waals surface area contributed by atoms with Crippen molar-refractivity contribution >= 4 is 38.9 Å². The van der Waals surface area contributed by atoms with Crippen molar-refractivity contribution in [2.45, 2.75) is 30.7 Å². The van der Waals surface area contributed by atoms with Gasteiger partial charge in [0.15, 0.2) is 21.5 Å². The van der Waals surface area contributed by atoms with Crippen LogP contribution in [0.25, 0.3) is 5.82 Å². The Kier molecular flexibility index (Phi) is 6.17. The lowest BCUT2D eigenvalue weighted by Gasteiger charge is -2.15. The quantitative estimate of drug-likeness (QED) is 0.521. The number of carbonyl (C=O) groups is 2. The van der Waals surface area contributed by atoms with Gasteiger partial charge in [-0.25, -0.2) is 18.4 Å². The number of amides is 2. The second kappa shape index (κ2) is 8.91. The van der Waals surface area contributed by atoms with Crippen LogP contribution >= 0.6 is 11.6 Å². The number of nitrogens with one attached hydrogen (secondary N) is 2. The zero-order valence-corrected chi connectivity index (χ0v) is 19.4. The standard InChI is InChI=1S/C21H21ClN6O4S/c1-12(26-21(30)14-7-15(22)9-17(8-14)33(2,31)32)19-24-11-25-28(19)18-6-5-16(10-23-18)27-20(29)13-3-4-13/h5-13H,3-4H2,1-2H3,(H,26,30)(H,27,29)/t12-/m1/s1. The largest absolute Gasteiger partial charge is 0.342 e. The predicted octanol–water partition coefficient (Wildman–Crippen LogP) is 2.56. The van der Waals surface area contributed by atoms with E-state index in [9.17, 15) is 18.0 Å². The van der Waals surface area contributed by atoms with Crippen LogP contribution in [0.3, 0.4) is 0 Å². The highest BCUT2D eigenvalue weighted by Crippen LogP contribution is 2.30. The maximum absolute atomic E-state index is 12.8. The topological polar surface area (TPSA) is 136 Å². The minimum atomic E-state index is -3.53. The molecule has 0 bridgehead atoms. The Bertz CT molecular complexity index is 1320. The zero-order valence-electron chi connectivity index (χ0n) is 17.8. The summed E-state index contributed by atoms with van der Waals surface area (Å²) in [4.78, 5) is 33.2. The Morgan fingerprint density at radius 3 is 2.58 bits per heavy atom. The van der Waals surface area contributed by atoms with Gasteiger partial charge in [0.2, 0.25) is 5.91 Å². The molecule has 2 aromatic heterocycles. The van der Waals surface area contributed by atoms with Gasteiger partial charge in [-0.2, -0.15) is 9.78 Å². The average Bonchev–Trinajstić information content (AvgIpc) is 3.50. The van der Waals surface area contributed by atoms with Crippen molar-refractivity contribution in [2.24, 2.45) is 5.92 Å². The Balaban J connectivity index is 1.50. The minimum absolute atomic E-state index is 0.0117. The van der Waals surface area contributed by atoms with E-state index in [0.717, 1.165) is 19.1 Å². The van der Waals surface area contributed by atoms with Gasteiger partial charge >= 0.3 is 0 Å². The van der Waals surface area contributed by atoms with E-state index in [2.05, 4.69) is 25.7 Å². The molecule has 2 amide bonds. The summed E-state index contributed by atoms with van der Waals surface area (Å²) in [6.45, 7) is 1.71. The van der Waals surface area contributed by atoms with Crippen LogP contribution in [0.4, 0.5) is 5.69 Å². The number of halogens is 1. The van der Waals surface area contributed by atoms with E-state index in [4.69, 9.17) is 11.6 Å². The average molecular weight is 489 g/mol. The second-order valence-corrected chi connectivity index (χ2v) is 10.3. The summed E-state index contributed by atoms with van der Waals surface area (Å²) in [7, 11) is -3.53. The molecule has 0 radical (unpaired) electrons. The molecule has 172 valence electrons. The van der Waals surface area contributed by atoms with Gasteiger partial charge in [0, 0.05) is 22.8 Å². The molecule has 0 unspecified atom stereocenters. The molecule has 0 aliphatic heterocycles. The first kappa shape index (κ1) is 22.9. The summed E-state index contributed by atoms with van der Waals surface area (Å²) in [6.07, 6.45) is 5.73. The molecule has 1 aromatic carbocycles. The van der Waals surface area contributed by atoms with Crippen molar-refractivity contribution in [3.8, 4) is 5.82 Å². The Morgan fingerprint density at radius 1 is 1.18 bits per heavy atom. The van der Waals surface area contributed by atoms with E-state index < -0.39 is 21.8 Å². The highest BCUT2D eigenvalue weighted by molar-refractivity contribution is 7.90. The fourth-order valence-electron chi connectivity index (χ4n) is 3.15. The molecule has 1 aliphatic carbocycles. The maximum atomic E-state index is 12.8. The molecule has 2 heterocycles. The summed E-state index contributed by atoms with van der Waals surface area (Å²) in [5, 5.41) is 9.91. The van der Waals surface area contributed by atoms with Crippen molar-refractivity contribution in [2.75, 3.05) is 11.6 Å². The number of hydrogen-bond donors (Lipinski definition) is 2. The van der Waals surface area contributed by atoms with Crippen molar-refractivity contribution in [1.82, 2.24) is 25.1 Å². The molecule has 1 atom stereocenters. The molecule has 1 fully saturated rings. The maximum Gasteiger partial charge on any atom is 0.251 e. The van der Waals surface area contributed by atoms with Crippen molar-refractivity contribution in [3.63, 3.8) is 0 Å². The van der Waals surface area contributed by atoms with Gasteiger partial charge < -0.3 is 10.6 Å². The lowest BCUT2D eigenvalue weighted by atomic mass is 10.2. The van der Waals surface area contributed by atoms with E-state index in [-0.39, 0.29) is 27.3 Å². The highest BCUT2D eigenvalue weighted by Gasteiger charge is 2.29. The Hall–Kier alpha value is -3.31. The summed E-state index contributed by atoms with van der Waals surface area (Å²) in [5.41, 5.74) is 0.691. The summed E-state index contributed by atoms with van der Waals surface area (Å²) < 4.78 is 25.2. The third-order valence-electron chi connectivity index (χ3n) is 5.05. The molecule has 1 saturated carbocycles. The summed E-state index contributed by atoms with van der Waals surface area (Å²) in [5.74, 6) is 0.424.